The summed E-state index contributed by atoms with van der Waals surface area (Å²) in [6.07, 6.45) is 0. The van der Waals surface area contributed by atoms with Crippen LogP contribution in [0.15, 0.2) is 33.9 Å². The van der Waals surface area contributed by atoms with Crippen LogP contribution >= 0.6 is 15.9 Å². The van der Waals surface area contributed by atoms with Crippen LogP contribution in [0.2, 0.25) is 0 Å². The molecule has 0 bridgehead atoms. The van der Waals surface area contributed by atoms with Crippen LogP contribution in [0, 0.1) is 5.53 Å². The van der Waals surface area contributed by atoms with Crippen LogP contribution in [0.1, 0.15) is 0 Å². The second-order valence-electron chi connectivity index (χ2n) is 1.59. The molecule has 0 aliphatic heterocycles. The van der Waals surface area contributed by atoms with Gasteiger partial charge in [0, 0.05) is 4.47 Å². The zero-order chi connectivity index (χ0) is 6.69. The Morgan fingerprint density at radius 2 is 1.78 bits per heavy atom. The minimum Gasteiger partial charge on any atom is -0.204 e. The summed E-state index contributed by atoms with van der Waals surface area (Å²) >= 11 is 3.27. The second-order valence-corrected chi connectivity index (χ2v) is 2.50. The molecule has 0 heterocycles. The number of nitrogens with zero attached hydrogens (tertiary/aromatic N) is 1. The van der Waals surface area contributed by atoms with Crippen molar-refractivity contribution in [1.82, 2.24) is 0 Å². The molecule has 0 radical (unpaired) electrons. The molecule has 3 heteroatoms. The standard InChI is InChI=1S/C6H5BrN2/c7-5-1-3-6(9-8)4-2-5/h1-4,8H. The van der Waals surface area contributed by atoms with Crippen molar-refractivity contribution in [3.8, 4) is 0 Å². The molecular formula is C6H5BrN2. The van der Waals surface area contributed by atoms with Crippen molar-refractivity contribution in [3.63, 3.8) is 0 Å². The molecule has 0 spiro atoms. The number of rotatable bonds is 1. The summed E-state index contributed by atoms with van der Waals surface area (Å²) in [5.74, 6) is 0. The van der Waals surface area contributed by atoms with E-state index in [1.165, 1.54) is 0 Å². The first-order valence-corrected chi connectivity index (χ1v) is 3.25. The van der Waals surface area contributed by atoms with E-state index in [-0.39, 0.29) is 0 Å². The fourth-order valence-electron chi connectivity index (χ4n) is 0.516. The Morgan fingerprint density at radius 1 is 1.22 bits per heavy atom. The maximum atomic E-state index is 6.62. The highest BCUT2D eigenvalue weighted by Crippen LogP contribution is 2.15. The Balaban J connectivity index is 3.01. The van der Waals surface area contributed by atoms with E-state index in [2.05, 4.69) is 21.0 Å². The van der Waals surface area contributed by atoms with E-state index in [0.717, 1.165) is 4.47 Å². The first-order chi connectivity index (χ1) is 4.33. The van der Waals surface area contributed by atoms with Crippen LogP contribution < -0.4 is 0 Å². The first-order valence-electron chi connectivity index (χ1n) is 2.46. The molecule has 1 rings (SSSR count). The van der Waals surface area contributed by atoms with Gasteiger partial charge in [-0.25, -0.2) is 5.53 Å². The van der Waals surface area contributed by atoms with Gasteiger partial charge in [0.1, 0.15) is 0 Å². The lowest BCUT2D eigenvalue weighted by molar-refractivity contribution is 1.15. The lowest BCUT2D eigenvalue weighted by atomic mass is 10.3. The average Bonchev–Trinajstić information content (AvgIpc) is 1.90. The minimum atomic E-state index is 0.679. The SMILES string of the molecule is N=Nc1ccc(Br)cc1. The van der Waals surface area contributed by atoms with E-state index in [9.17, 15) is 0 Å². The summed E-state index contributed by atoms with van der Waals surface area (Å²) in [6, 6.07) is 7.26. The van der Waals surface area contributed by atoms with Crippen LogP contribution in [-0.4, -0.2) is 0 Å². The van der Waals surface area contributed by atoms with Gasteiger partial charge in [0.15, 0.2) is 0 Å². The molecule has 0 saturated heterocycles. The number of benzene rings is 1. The number of hydrogen-bond donors (Lipinski definition) is 1. The maximum Gasteiger partial charge on any atom is 0.0850 e. The van der Waals surface area contributed by atoms with Gasteiger partial charge in [-0.15, -0.1) is 0 Å². The summed E-state index contributed by atoms with van der Waals surface area (Å²) in [7, 11) is 0. The summed E-state index contributed by atoms with van der Waals surface area (Å²) in [5.41, 5.74) is 7.30. The highest BCUT2D eigenvalue weighted by atomic mass is 79.9. The first kappa shape index (κ1) is 6.42. The molecule has 0 atom stereocenters. The topological polar surface area (TPSA) is 36.2 Å². The lowest BCUT2D eigenvalue weighted by Gasteiger charge is -1.88. The summed E-state index contributed by atoms with van der Waals surface area (Å²) < 4.78 is 1.01. The van der Waals surface area contributed by atoms with Gasteiger partial charge in [-0.2, -0.15) is 5.11 Å². The van der Waals surface area contributed by atoms with E-state index in [0.29, 0.717) is 5.69 Å². The van der Waals surface area contributed by atoms with Crippen molar-refractivity contribution in [2.24, 2.45) is 5.11 Å². The normalized spacial score (nSPS) is 9.00. The zero-order valence-corrected chi connectivity index (χ0v) is 6.22. The number of halogens is 1. The monoisotopic (exact) mass is 184 g/mol. The molecule has 0 saturated carbocycles. The van der Waals surface area contributed by atoms with Crippen molar-refractivity contribution in [3.05, 3.63) is 28.7 Å². The molecule has 0 aliphatic carbocycles. The second kappa shape index (κ2) is 2.73. The predicted octanol–water partition coefficient (Wildman–Crippen LogP) is 3.11. The van der Waals surface area contributed by atoms with Gasteiger partial charge in [-0.3, -0.25) is 0 Å². The van der Waals surface area contributed by atoms with Crippen molar-refractivity contribution in [2.75, 3.05) is 0 Å². The molecule has 1 aromatic carbocycles. The van der Waals surface area contributed by atoms with Gasteiger partial charge in [0.05, 0.1) is 5.69 Å². The third-order valence-corrected chi connectivity index (χ3v) is 1.48. The van der Waals surface area contributed by atoms with E-state index in [1.54, 1.807) is 12.1 Å². The van der Waals surface area contributed by atoms with E-state index in [4.69, 9.17) is 5.53 Å². The van der Waals surface area contributed by atoms with Crippen LogP contribution in [0.3, 0.4) is 0 Å². The van der Waals surface area contributed by atoms with Gasteiger partial charge in [0.25, 0.3) is 0 Å². The molecule has 2 nitrogen and oxygen atoms in total. The summed E-state index contributed by atoms with van der Waals surface area (Å²) in [5, 5.41) is 3.24. The Morgan fingerprint density at radius 3 is 2.22 bits per heavy atom. The van der Waals surface area contributed by atoms with Crippen LogP contribution in [0.4, 0.5) is 5.69 Å². The molecule has 0 aliphatic rings. The van der Waals surface area contributed by atoms with Crippen molar-refractivity contribution in [2.45, 2.75) is 0 Å². The molecule has 0 amide bonds. The largest absolute Gasteiger partial charge is 0.204 e. The van der Waals surface area contributed by atoms with Crippen molar-refractivity contribution < 1.29 is 0 Å². The number of hydrogen-bond acceptors (Lipinski definition) is 2. The quantitative estimate of drug-likeness (QED) is 0.652. The van der Waals surface area contributed by atoms with Gasteiger partial charge < -0.3 is 0 Å². The smallest absolute Gasteiger partial charge is 0.0850 e. The van der Waals surface area contributed by atoms with Crippen molar-refractivity contribution in [1.29, 1.82) is 5.53 Å². The fraction of sp³-hybridized carbons (Fsp3) is 0. The molecule has 0 aromatic heterocycles. The third-order valence-electron chi connectivity index (χ3n) is 0.956. The molecule has 46 valence electrons. The fourth-order valence-corrected chi connectivity index (χ4v) is 0.780. The van der Waals surface area contributed by atoms with Gasteiger partial charge >= 0.3 is 0 Å². The molecule has 0 fully saturated rings. The maximum absolute atomic E-state index is 6.62. The number of nitrogens with one attached hydrogen (secondary N) is 1. The summed E-state index contributed by atoms with van der Waals surface area (Å²) in [4.78, 5) is 0. The Bertz CT molecular complexity index is 205. The molecule has 9 heavy (non-hydrogen) atoms. The highest BCUT2D eigenvalue weighted by Gasteiger charge is 1.85. The van der Waals surface area contributed by atoms with Crippen molar-refractivity contribution >= 4 is 21.6 Å². The van der Waals surface area contributed by atoms with Crippen LogP contribution in [0.25, 0.3) is 0 Å². The molecule has 1 N–H and O–H groups in total. The van der Waals surface area contributed by atoms with E-state index in [1.807, 2.05) is 12.1 Å². The Hall–Kier alpha value is -0.700. The van der Waals surface area contributed by atoms with Gasteiger partial charge in [-0.1, -0.05) is 15.9 Å². The predicted molar refractivity (Wildman–Crippen MR) is 38.9 cm³/mol. The van der Waals surface area contributed by atoms with E-state index >= 15 is 0 Å². The minimum absolute atomic E-state index is 0.679. The van der Waals surface area contributed by atoms with E-state index < -0.39 is 0 Å². The summed E-state index contributed by atoms with van der Waals surface area (Å²) in [6.45, 7) is 0. The molecule has 0 unspecified atom stereocenters. The Labute approximate surface area is 61.5 Å². The zero-order valence-electron chi connectivity index (χ0n) is 4.63. The Kier molecular flexibility index (Phi) is 1.95. The van der Waals surface area contributed by atoms with Crippen LogP contribution in [-0.2, 0) is 0 Å². The molecule has 1 aromatic rings. The van der Waals surface area contributed by atoms with Gasteiger partial charge in [0.2, 0.25) is 0 Å². The van der Waals surface area contributed by atoms with Gasteiger partial charge in [-0.05, 0) is 24.3 Å². The lowest BCUT2D eigenvalue weighted by Crippen LogP contribution is -1.61. The average molecular weight is 185 g/mol. The molecular weight excluding hydrogens is 180 g/mol. The third kappa shape index (κ3) is 1.61. The van der Waals surface area contributed by atoms with Crippen LogP contribution in [0.5, 0.6) is 0 Å². The highest BCUT2D eigenvalue weighted by molar-refractivity contribution is 9.10.